The second-order valence-corrected chi connectivity index (χ2v) is 4.80. The molecule has 0 aromatic rings. The fourth-order valence-electron chi connectivity index (χ4n) is 2.16. The molecule has 3 amide bonds. The van der Waals surface area contributed by atoms with Crippen molar-refractivity contribution in [3.63, 3.8) is 0 Å². The summed E-state index contributed by atoms with van der Waals surface area (Å²) in [4.78, 5) is 24.6. The smallest absolute Gasteiger partial charge is 0.326 e. The number of urea groups is 1. The van der Waals surface area contributed by atoms with Crippen molar-refractivity contribution in [1.29, 1.82) is 0 Å². The number of nitrogens with one attached hydrogen (secondary N) is 1. The zero-order valence-corrected chi connectivity index (χ0v) is 10.9. The molecule has 0 aromatic heterocycles. The monoisotopic (exact) mass is 260 g/mol. The van der Waals surface area contributed by atoms with Gasteiger partial charge in [-0.3, -0.25) is 15.0 Å². The predicted octanol–water partition coefficient (Wildman–Crippen LogP) is 0.486. The number of carbonyl (C=O) groups is 2. The molecule has 0 aliphatic carbocycles. The summed E-state index contributed by atoms with van der Waals surface area (Å²) in [5.41, 5.74) is 0. The van der Waals surface area contributed by atoms with Gasteiger partial charge in [-0.2, -0.15) is 0 Å². The van der Waals surface area contributed by atoms with Crippen LogP contribution in [0.4, 0.5) is 4.79 Å². The molecule has 4 unspecified atom stereocenters. The van der Waals surface area contributed by atoms with Crippen molar-refractivity contribution < 1.29 is 18.8 Å². The summed E-state index contributed by atoms with van der Waals surface area (Å²) in [7, 11) is 2.19. The number of imide groups is 1. The largest absolute Gasteiger partial charge is 0.363 e. The molecule has 7 heteroatoms. The minimum absolute atomic E-state index is 0.0261. The fourth-order valence-corrected chi connectivity index (χ4v) is 2.37. The van der Waals surface area contributed by atoms with E-state index in [0.29, 0.717) is 13.2 Å². The number of amides is 3. The molecule has 1 N–H and O–H groups in total. The first-order chi connectivity index (χ1) is 8.11. The molecule has 6 nitrogen and oxygen atoms in total. The van der Waals surface area contributed by atoms with Crippen molar-refractivity contribution in [2.24, 2.45) is 5.92 Å². The molecule has 2 aliphatic heterocycles. The lowest BCUT2D eigenvalue weighted by atomic mass is 10.1. The molecule has 0 aromatic carbocycles. The van der Waals surface area contributed by atoms with Gasteiger partial charge in [-0.25, -0.2) is 4.79 Å². The summed E-state index contributed by atoms with van der Waals surface area (Å²) < 4.78 is 10.7. The summed E-state index contributed by atoms with van der Waals surface area (Å²) >= 11 is 0. The summed E-state index contributed by atoms with van der Waals surface area (Å²) in [5.74, 6) is -0.401. The predicted molar refractivity (Wildman–Crippen MR) is 63.0 cm³/mol. The first kappa shape index (κ1) is 12.7. The van der Waals surface area contributed by atoms with E-state index >= 15 is 0 Å². The molecule has 96 valence electrons. The van der Waals surface area contributed by atoms with Gasteiger partial charge in [0.05, 0.1) is 18.6 Å². The molecule has 17 heavy (non-hydrogen) atoms. The minimum atomic E-state index is -0.356. The summed E-state index contributed by atoms with van der Waals surface area (Å²) in [6.45, 7) is 2.72. The highest BCUT2D eigenvalue weighted by Gasteiger charge is 2.38. The lowest BCUT2D eigenvalue weighted by Crippen LogP contribution is -2.57. The maximum absolute atomic E-state index is 11.7. The van der Waals surface area contributed by atoms with Gasteiger partial charge in [0, 0.05) is 16.0 Å². The summed E-state index contributed by atoms with van der Waals surface area (Å²) in [6, 6.07) is -0.356. The van der Waals surface area contributed by atoms with Crippen LogP contribution in [0.5, 0.6) is 0 Å². The molecule has 0 saturated carbocycles. The van der Waals surface area contributed by atoms with E-state index in [1.165, 1.54) is 0 Å². The van der Waals surface area contributed by atoms with Crippen LogP contribution in [0.1, 0.15) is 19.8 Å². The molecule has 0 bridgehead atoms. The lowest BCUT2D eigenvalue weighted by molar-refractivity contribution is -0.128. The number of hydrogen-bond acceptors (Lipinski definition) is 4. The van der Waals surface area contributed by atoms with E-state index in [9.17, 15) is 9.59 Å². The van der Waals surface area contributed by atoms with Crippen LogP contribution in [0.3, 0.4) is 0 Å². The van der Waals surface area contributed by atoms with Crippen molar-refractivity contribution in [2.45, 2.75) is 32.1 Å². The standard InChI is InChI=1S/C10H17N2O4P/c1-6-4-12(10(14)11-9(6)13)8-3-2-7(16-8)5-15-17/h6-8H,2-5,17H2,1H3,(H,11,13,14). The summed E-state index contributed by atoms with van der Waals surface area (Å²) in [6.07, 6.45) is 1.44. The molecular weight excluding hydrogens is 243 g/mol. The van der Waals surface area contributed by atoms with E-state index in [4.69, 9.17) is 9.26 Å². The second-order valence-electron chi connectivity index (χ2n) is 4.47. The average Bonchev–Trinajstić information content (AvgIpc) is 2.72. The molecule has 2 aliphatic rings. The van der Waals surface area contributed by atoms with Crippen molar-refractivity contribution in [3.8, 4) is 0 Å². The highest BCUT2D eigenvalue weighted by atomic mass is 31.0. The summed E-state index contributed by atoms with van der Waals surface area (Å²) in [5, 5.41) is 2.34. The van der Waals surface area contributed by atoms with Crippen molar-refractivity contribution >= 4 is 21.4 Å². The number of carbonyl (C=O) groups excluding carboxylic acids is 2. The van der Waals surface area contributed by atoms with E-state index in [-0.39, 0.29) is 30.2 Å². The Kier molecular flexibility index (Phi) is 3.97. The SMILES string of the molecule is CC1CN(C2CCC(COP)O2)C(=O)NC1=O. The van der Waals surface area contributed by atoms with Crippen LogP contribution >= 0.6 is 9.47 Å². The minimum Gasteiger partial charge on any atom is -0.363 e. The number of nitrogens with zero attached hydrogens (tertiary/aromatic N) is 1. The Labute approximate surface area is 102 Å². The van der Waals surface area contributed by atoms with Gasteiger partial charge in [0.1, 0.15) is 6.23 Å². The molecule has 2 heterocycles. The van der Waals surface area contributed by atoms with Gasteiger partial charge in [-0.15, -0.1) is 0 Å². The van der Waals surface area contributed by atoms with Gasteiger partial charge >= 0.3 is 6.03 Å². The zero-order valence-electron chi connectivity index (χ0n) is 9.72. The van der Waals surface area contributed by atoms with Gasteiger partial charge < -0.3 is 9.26 Å². The Balaban J connectivity index is 1.94. The van der Waals surface area contributed by atoms with Crippen molar-refractivity contribution in [3.05, 3.63) is 0 Å². The third kappa shape index (κ3) is 2.76. The Hall–Kier alpha value is -0.710. The van der Waals surface area contributed by atoms with E-state index in [2.05, 4.69) is 14.8 Å². The Bertz CT molecular complexity index is 325. The molecule has 0 spiro atoms. The van der Waals surface area contributed by atoms with E-state index in [1.54, 1.807) is 11.8 Å². The van der Waals surface area contributed by atoms with Gasteiger partial charge in [-0.1, -0.05) is 6.92 Å². The first-order valence-electron chi connectivity index (χ1n) is 5.70. The molecule has 2 rings (SSSR count). The quantitative estimate of drug-likeness (QED) is 0.750. The van der Waals surface area contributed by atoms with Crippen molar-refractivity contribution in [2.75, 3.05) is 13.2 Å². The maximum Gasteiger partial charge on any atom is 0.326 e. The molecule has 2 saturated heterocycles. The second kappa shape index (κ2) is 5.29. The van der Waals surface area contributed by atoms with E-state index in [0.717, 1.165) is 12.8 Å². The number of rotatable bonds is 3. The van der Waals surface area contributed by atoms with E-state index < -0.39 is 0 Å². The third-order valence-electron chi connectivity index (χ3n) is 3.12. The van der Waals surface area contributed by atoms with Crippen LogP contribution in [-0.4, -0.2) is 42.3 Å². The van der Waals surface area contributed by atoms with Gasteiger partial charge in [-0.05, 0) is 12.8 Å². The Morgan fingerprint density at radius 3 is 3.00 bits per heavy atom. The highest BCUT2D eigenvalue weighted by Crippen LogP contribution is 2.25. The molecule has 0 radical (unpaired) electrons. The lowest BCUT2D eigenvalue weighted by Gasteiger charge is -2.34. The van der Waals surface area contributed by atoms with Crippen LogP contribution in [0, 0.1) is 5.92 Å². The Morgan fingerprint density at radius 2 is 2.29 bits per heavy atom. The van der Waals surface area contributed by atoms with Crippen LogP contribution in [0.25, 0.3) is 0 Å². The van der Waals surface area contributed by atoms with Gasteiger partial charge in [0.2, 0.25) is 5.91 Å². The highest BCUT2D eigenvalue weighted by molar-refractivity contribution is 7.09. The van der Waals surface area contributed by atoms with Crippen LogP contribution in [0.15, 0.2) is 0 Å². The number of ether oxygens (including phenoxy) is 1. The molecule has 4 atom stereocenters. The van der Waals surface area contributed by atoms with Crippen LogP contribution < -0.4 is 5.32 Å². The van der Waals surface area contributed by atoms with Crippen molar-refractivity contribution in [1.82, 2.24) is 10.2 Å². The third-order valence-corrected chi connectivity index (χ3v) is 3.32. The average molecular weight is 260 g/mol. The zero-order chi connectivity index (χ0) is 12.4. The first-order valence-corrected chi connectivity index (χ1v) is 6.17. The van der Waals surface area contributed by atoms with Gasteiger partial charge in [0.15, 0.2) is 0 Å². The molecule has 2 fully saturated rings. The fraction of sp³-hybridized carbons (Fsp3) is 0.800. The topological polar surface area (TPSA) is 67.9 Å². The normalized spacial score (nSPS) is 34.0. The van der Waals surface area contributed by atoms with Gasteiger partial charge in [0.25, 0.3) is 0 Å². The van der Waals surface area contributed by atoms with Crippen LogP contribution in [0.2, 0.25) is 0 Å². The van der Waals surface area contributed by atoms with E-state index in [1.807, 2.05) is 0 Å². The maximum atomic E-state index is 11.7. The Morgan fingerprint density at radius 1 is 1.53 bits per heavy atom. The molecular formula is C10H17N2O4P. The van der Waals surface area contributed by atoms with Crippen LogP contribution in [-0.2, 0) is 14.1 Å². The number of hydrogen-bond donors (Lipinski definition) is 1.